The average Bonchev–Trinajstić information content (AvgIpc) is 3.04. The molecule has 4 atom stereocenters. The zero-order valence-corrected chi connectivity index (χ0v) is 27.5. The molecule has 2 N–H and O–H groups in total. The Kier molecular flexibility index (Phi) is 13.3. The van der Waals surface area contributed by atoms with E-state index in [1.54, 1.807) is 0 Å². The SMILES string of the molecule is C=CCC[C@H](C[C@@H]1CCCCC1=O)NC(=O)[C@@H](CC(=O)[C@H](Cc1cccc2ccccc12)NC(=O)Cc1ccccc1)CC(C)C. The lowest BCUT2D eigenvalue weighted by molar-refractivity contribution is -0.132. The van der Waals surface area contributed by atoms with E-state index in [-0.39, 0.29) is 48.3 Å². The van der Waals surface area contributed by atoms with Gasteiger partial charge in [0.15, 0.2) is 5.78 Å². The summed E-state index contributed by atoms with van der Waals surface area (Å²) in [6.07, 6.45) is 8.46. The molecule has 0 heterocycles. The van der Waals surface area contributed by atoms with Crippen LogP contribution in [0.25, 0.3) is 10.8 Å². The number of benzene rings is 3. The zero-order chi connectivity index (χ0) is 32.9. The number of ketones is 2. The molecule has 4 rings (SSSR count). The first kappa shape index (κ1) is 34.8. The van der Waals surface area contributed by atoms with Crippen LogP contribution in [0.15, 0.2) is 85.5 Å². The number of fused-ring (bicyclic) bond motifs is 1. The van der Waals surface area contributed by atoms with Gasteiger partial charge >= 0.3 is 0 Å². The van der Waals surface area contributed by atoms with Crippen LogP contribution < -0.4 is 10.6 Å². The second kappa shape index (κ2) is 17.6. The van der Waals surface area contributed by atoms with E-state index >= 15 is 0 Å². The largest absolute Gasteiger partial charge is 0.353 e. The molecule has 6 heteroatoms. The lowest BCUT2D eigenvalue weighted by atomic mass is 9.82. The third-order valence-corrected chi connectivity index (χ3v) is 9.13. The molecule has 0 spiro atoms. The van der Waals surface area contributed by atoms with Gasteiger partial charge in [0.05, 0.1) is 12.5 Å². The number of allylic oxidation sites excluding steroid dienone is 1. The van der Waals surface area contributed by atoms with Crippen molar-refractivity contribution in [3.63, 3.8) is 0 Å². The van der Waals surface area contributed by atoms with Crippen molar-refractivity contribution in [2.24, 2.45) is 17.8 Å². The number of hydrogen-bond acceptors (Lipinski definition) is 4. The number of carbonyl (C=O) groups is 4. The average molecular weight is 623 g/mol. The number of hydrogen-bond donors (Lipinski definition) is 2. The molecule has 3 aromatic rings. The minimum atomic E-state index is -0.777. The molecule has 0 radical (unpaired) electrons. The van der Waals surface area contributed by atoms with Crippen molar-refractivity contribution >= 4 is 34.2 Å². The number of Topliss-reactive ketones (excluding diaryl/α,β-unsaturated/α-hetero) is 2. The highest BCUT2D eigenvalue weighted by atomic mass is 16.2. The van der Waals surface area contributed by atoms with Crippen molar-refractivity contribution in [2.45, 2.75) is 96.6 Å². The summed E-state index contributed by atoms with van der Waals surface area (Å²) in [6, 6.07) is 22.6. The Labute approximate surface area is 274 Å². The quantitative estimate of drug-likeness (QED) is 0.154. The Morgan fingerprint density at radius 2 is 1.67 bits per heavy atom. The zero-order valence-electron chi connectivity index (χ0n) is 27.5. The predicted molar refractivity (Wildman–Crippen MR) is 185 cm³/mol. The molecule has 3 aromatic carbocycles. The molecule has 0 saturated heterocycles. The van der Waals surface area contributed by atoms with E-state index in [4.69, 9.17) is 0 Å². The molecule has 0 bridgehead atoms. The standard InChI is InChI=1S/C40H50N2O4/c1-4-5-20-34(25-32-17-10-12-22-37(32)43)41-40(46)33(23-28(2)3)27-38(44)36(42-39(45)24-29-14-7-6-8-15-29)26-31-19-13-18-30-16-9-11-21-35(30)31/h4,6-9,11,13-16,18-19,21,28,32-34,36H,1,5,10,12,17,20,22-27H2,2-3H3,(H,41,46)(H,42,45)/t32-,33+,34+,36-/m0/s1. The topological polar surface area (TPSA) is 92.3 Å². The van der Waals surface area contributed by atoms with Crippen molar-refractivity contribution in [3.8, 4) is 0 Å². The fourth-order valence-corrected chi connectivity index (χ4v) is 6.73. The highest BCUT2D eigenvalue weighted by molar-refractivity contribution is 5.94. The van der Waals surface area contributed by atoms with E-state index in [0.717, 1.165) is 47.6 Å². The summed E-state index contributed by atoms with van der Waals surface area (Å²) in [4.78, 5) is 53.9. The van der Waals surface area contributed by atoms with E-state index < -0.39 is 12.0 Å². The summed E-state index contributed by atoms with van der Waals surface area (Å²) < 4.78 is 0. The Balaban J connectivity index is 1.53. The lowest BCUT2D eigenvalue weighted by Gasteiger charge is -2.28. The highest BCUT2D eigenvalue weighted by Gasteiger charge is 2.31. The Morgan fingerprint density at radius 1 is 0.935 bits per heavy atom. The van der Waals surface area contributed by atoms with Crippen molar-refractivity contribution in [2.75, 3.05) is 0 Å². The first-order valence-electron chi connectivity index (χ1n) is 17.0. The van der Waals surface area contributed by atoms with Crippen LogP contribution in [0.4, 0.5) is 0 Å². The lowest BCUT2D eigenvalue weighted by Crippen LogP contribution is -2.46. The summed E-state index contributed by atoms with van der Waals surface area (Å²) in [5.74, 6) is -0.615. The van der Waals surface area contributed by atoms with Crippen molar-refractivity contribution in [3.05, 3.63) is 96.6 Å². The van der Waals surface area contributed by atoms with E-state index in [1.165, 1.54) is 0 Å². The second-order valence-corrected chi connectivity index (χ2v) is 13.3. The van der Waals surface area contributed by atoms with Crippen LogP contribution in [0.1, 0.15) is 82.8 Å². The maximum Gasteiger partial charge on any atom is 0.225 e. The van der Waals surface area contributed by atoms with Crippen LogP contribution in [-0.4, -0.2) is 35.5 Å². The molecule has 1 saturated carbocycles. The summed E-state index contributed by atoms with van der Waals surface area (Å²) in [5, 5.41) is 8.38. The van der Waals surface area contributed by atoms with Crippen LogP contribution in [0, 0.1) is 17.8 Å². The molecule has 6 nitrogen and oxygen atoms in total. The van der Waals surface area contributed by atoms with Crippen molar-refractivity contribution in [1.29, 1.82) is 0 Å². The molecular weight excluding hydrogens is 572 g/mol. The summed E-state index contributed by atoms with van der Waals surface area (Å²) in [6.45, 7) is 7.95. The van der Waals surface area contributed by atoms with E-state index in [1.807, 2.05) is 78.9 Å². The first-order chi connectivity index (χ1) is 22.2. The first-order valence-corrected chi connectivity index (χ1v) is 17.0. The third-order valence-electron chi connectivity index (χ3n) is 9.13. The van der Waals surface area contributed by atoms with Gasteiger partial charge in [-0.3, -0.25) is 19.2 Å². The van der Waals surface area contributed by atoms with Gasteiger partial charge in [-0.25, -0.2) is 0 Å². The number of rotatable bonds is 17. The molecule has 2 amide bonds. The van der Waals surface area contributed by atoms with E-state index in [0.29, 0.717) is 37.9 Å². The van der Waals surface area contributed by atoms with Gasteiger partial charge in [-0.15, -0.1) is 6.58 Å². The molecule has 1 fully saturated rings. The van der Waals surface area contributed by atoms with E-state index in [2.05, 4.69) is 31.1 Å². The van der Waals surface area contributed by atoms with Gasteiger partial charge in [0, 0.05) is 37.1 Å². The normalized spacial score (nSPS) is 16.8. The fourth-order valence-electron chi connectivity index (χ4n) is 6.73. The molecule has 0 aromatic heterocycles. The highest BCUT2D eigenvalue weighted by Crippen LogP contribution is 2.27. The minimum Gasteiger partial charge on any atom is -0.353 e. The monoisotopic (exact) mass is 622 g/mol. The van der Waals surface area contributed by atoms with Gasteiger partial charge in [-0.1, -0.05) is 99.1 Å². The van der Waals surface area contributed by atoms with Crippen molar-refractivity contribution in [1.82, 2.24) is 10.6 Å². The molecule has 244 valence electrons. The maximum absolute atomic E-state index is 14.1. The fraction of sp³-hybridized carbons (Fsp3) is 0.450. The minimum absolute atomic E-state index is 0.0288. The van der Waals surface area contributed by atoms with Gasteiger partial charge in [-0.05, 0) is 66.3 Å². The molecule has 1 aliphatic carbocycles. The molecular formula is C40H50N2O4. The van der Waals surface area contributed by atoms with Gasteiger partial charge in [-0.2, -0.15) is 0 Å². The Hall–Kier alpha value is -4.06. The molecule has 1 aliphatic rings. The third kappa shape index (κ3) is 10.5. The smallest absolute Gasteiger partial charge is 0.225 e. The molecule has 0 unspecified atom stereocenters. The van der Waals surface area contributed by atoms with Gasteiger partial charge in [0.2, 0.25) is 11.8 Å². The number of amides is 2. The van der Waals surface area contributed by atoms with Crippen LogP contribution in [-0.2, 0) is 32.0 Å². The van der Waals surface area contributed by atoms with Crippen LogP contribution in [0.5, 0.6) is 0 Å². The maximum atomic E-state index is 14.1. The summed E-state index contributed by atoms with van der Waals surface area (Å²) in [7, 11) is 0. The molecule has 46 heavy (non-hydrogen) atoms. The van der Waals surface area contributed by atoms with Crippen LogP contribution in [0.2, 0.25) is 0 Å². The summed E-state index contributed by atoms with van der Waals surface area (Å²) >= 11 is 0. The summed E-state index contributed by atoms with van der Waals surface area (Å²) in [5.41, 5.74) is 1.85. The van der Waals surface area contributed by atoms with Gasteiger partial charge < -0.3 is 10.6 Å². The van der Waals surface area contributed by atoms with Crippen LogP contribution in [0.3, 0.4) is 0 Å². The Bertz CT molecular complexity index is 1480. The molecule has 0 aliphatic heterocycles. The number of carbonyl (C=O) groups excluding carboxylic acids is 4. The predicted octanol–water partition coefficient (Wildman–Crippen LogP) is 7.33. The number of nitrogens with one attached hydrogen (secondary N) is 2. The van der Waals surface area contributed by atoms with E-state index in [9.17, 15) is 19.2 Å². The van der Waals surface area contributed by atoms with Gasteiger partial charge in [0.1, 0.15) is 5.78 Å². The Morgan fingerprint density at radius 3 is 2.41 bits per heavy atom. The van der Waals surface area contributed by atoms with Crippen LogP contribution >= 0.6 is 0 Å². The second-order valence-electron chi connectivity index (χ2n) is 13.3. The van der Waals surface area contributed by atoms with Crippen molar-refractivity contribution < 1.29 is 19.2 Å². The van der Waals surface area contributed by atoms with Gasteiger partial charge in [0.25, 0.3) is 0 Å².